The van der Waals surface area contributed by atoms with Crippen molar-refractivity contribution in [3.05, 3.63) is 66.5 Å². The van der Waals surface area contributed by atoms with Gasteiger partial charge >= 0.3 is 0 Å². The number of hydrogen-bond acceptors (Lipinski definition) is 7. The Labute approximate surface area is 175 Å². The maximum Gasteiger partial charge on any atom is 0.253 e. The van der Waals surface area contributed by atoms with Crippen molar-refractivity contribution in [1.29, 1.82) is 0 Å². The van der Waals surface area contributed by atoms with Gasteiger partial charge in [0.25, 0.3) is 5.91 Å². The SMILES string of the molecule is CS(=O)(=O)c1cnc(-c2ccncc2)nc1C1CCCN(C(=O)c2ccncc2)C1. The summed E-state index contributed by atoms with van der Waals surface area (Å²) in [5, 5.41) is 0. The number of sulfone groups is 1. The van der Waals surface area contributed by atoms with Gasteiger partial charge in [-0.2, -0.15) is 0 Å². The lowest BCUT2D eigenvalue weighted by Gasteiger charge is -2.33. The van der Waals surface area contributed by atoms with Crippen LogP contribution in [0.25, 0.3) is 11.4 Å². The highest BCUT2D eigenvalue weighted by Crippen LogP contribution is 2.31. The zero-order valence-corrected chi connectivity index (χ0v) is 17.3. The molecule has 0 N–H and O–H groups in total. The lowest BCUT2D eigenvalue weighted by molar-refractivity contribution is 0.0705. The molecule has 1 aliphatic heterocycles. The molecule has 1 aliphatic rings. The van der Waals surface area contributed by atoms with Gasteiger partial charge in [-0.3, -0.25) is 14.8 Å². The maximum atomic E-state index is 12.9. The Morgan fingerprint density at radius 2 is 1.73 bits per heavy atom. The minimum Gasteiger partial charge on any atom is -0.338 e. The molecule has 0 aliphatic carbocycles. The Morgan fingerprint density at radius 3 is 2.40 bits per heavy atom. The average molecular weight is 423 g/mol. The van der Waals surface area contributed by atoms with Crippen molar-refractivity contribution >= 4 is 15.7 Å². The summed E-state index contributed by atoms with van der Waals surface area (Å²) < 4.78 is 24.8. The number of likely N-dealkylation sites (tertiary alicyclic amines) is 1. The van der Waals surface area contributed by atoms with Crippen LogP contribution in [0.3, 0.4) is 0 Å². The molecule has 3 aromatic heterocycles. The van der Waals surface area contributed by atoms with Crippen LogP contribution in [-0.4, -0.2) is 58.5 Å². The van der Waals surface area contributed by atoms with Crippen molar-refractivity contribution in [2.45, 2.75) is 23.7 Å². The molecule has 4 rings (SSSR count). The van der Waals surface area contributed by atoms with Gasteiger partial charge in [0.15, 0.2) is 15.7 Å². The first-order valence-electron chi connectivity index (χ1n) is 9.60. The Morgan fingerprint density at radius 1 is 1.07 bits per heavy atom. The Kier molecular flexibility index (Phi) is 5.54. The monoisotopic (exact) mass is 423 g/mol. The van der Waals surface area contributed by atoms with Gasteiger partial charge in [0, 0.05) is 67.4 Å². The van der Waals surface area contributed by atoms with E-state index in [-0.39, 0.29) is 16.7 Å². The lowest BCUT2D eigenvalue weighted by atomic mass is 9.94. The Balaban J connectivity index is 1.70. The first kappa shape index (κ1) is 20.1. The van der Waals surface area contributed by atoms with Gasteiger partial charge in [0.05, 0.1) is 5.69 Å². The number of piperidine rings is 1. The molecular weight excluding hydrogens is 402 g/mol. The predicted molar refractivity (Wildman–Crippen MR) is 110 cm³/mol. The first-order chi connectivity index (χ1) is 14.4. The van der Waals surface area contributed by atoms with Crippen molar-refractivity contribution in [2.24, 2.45) is 0 Å². The first-order valence-corrected chi connectivity index (χ1v) is 11.5. The molecule has 1 saturated heterocycles. The summed E-state index contributed by atoms with van der Waals surface area (Å²) >= 11 is 0. The minimum absolute atomic E-state index is 0.0913. The molecule has 1 amide bonds. The van der Waals surface area contributed by atoms with Crippen molar-refractivity contribution in [1.82, 2.24) is 24.8 Å². The van der Waals surface area contributed by atoms with E-state index in [4.69, 9.17) is 0 Å². The number of rotatable bonds is 4. The number of hydrogen-bond donors (Lipinski definition) is 0. The maximum absolute atomic E-state index is 12.9. The minimum atomic E-state index is -3.52. The summed E-state index contributed by atoms with van der Waals surface area (Å²) in [6.07, 6.45) is 10.5. The van der Waals surface area contributed by atoms with Crippen LogP contribution in [0.15, 0.2) is 60.1 Å². The van der Waals surface area contributed by atoms with Crippen LogP contribution in [0, 0.1) is 0 Å². The van der Waals surface area contributed by atoms with Gasteiger partial charge in [-0.1, -0.05) is 0 Å². The van der Waals surface area contributed by atoms with Gasteiger partial charge < -0.3 is 4.90 Å². The van der Waals surface area contributed by atoms with Crippen LogP contribution in [0.4, 0.5) is 0 Å². The summed E-state index contributed by atoms with van der Waals surface area (Å²) in [5.41, 5.74) is 1.78. The molecule has 1 unspecified atom stereocenters. The third-order valence-electron chi connectivity index (χ3n) is 5.14. The van der Waals surface area contributed by atoms with Crippen LogP contribution in [0.1, 0.15) is 34.8 Å². The van der Waals surface area contributed by atoms with E-state index < -0.39 is 9.84 Å². The fourth-order valence-electron chi connectivity index (χ4n) is 3.66. The Bertz CT molecular complexity index is 1150. The molecule has 8 nitrogen and oxygen atoms in total. The van der Waals surface area contributed by atoms with Crippen LogP contribution in [0.5, 0.6) is 0 Å². The van der Waals surface area contributed by atoms with Crippen LogP contribution < -0.4 is 0 Å². The molecule has 1 fully saturated rings. The molecule has 1 atom stereocenters. The normalized spacial score (nSPS) is 17.0. The fourth-order valence-corrected chi connectivity index (χ4v) is 4.50. The van der Waals surface area contributed by atoms with E-state index in [0.717, 1.165) is 24.7 Å². The summed E-state index contributed by atoms with van der Waals surface area (Å²) in [6, 6.07) is 6.92. The molecule has 0 radical (unpaired) electrons. The third kappa shape index (κ3) is 4.20. The fraction of sp³-hybridized carbons (Fsp3) is 0.286. The molecule has 0 spiro atoms. The van der Waals surface area contributed by atoms with E-state index in [1.807, 2.05) is 0 Å². The van der Waals surface area contributed by atoms with Gasteiger partial charge in [-0.15, -0.1) is 0 Å². The number of carbonyl (C=O) groups is 1. The molecule has 0 aromatic carbocycles. The summed E-state index contributed by atoms with van der Waals surface area (Å²) in [7, 11) is -3.52. The summed E-state index contributed by atoms with van der Waals surface area (Å²) in [5.74, 6) is 0.154. The van der Waals surface area contributed by atoms with Crippen molar-refractivity contribution in [2.75, 3.05) is 19.3 Å². The predicted octanol–water partition coefficient (Wildman–Crippen LogP) is 2.36. The van der Waals surface area contributed by atoms with Crippen molar-refractivity contribution in [3.63, 3.8) is 0 Å². The Hall–Kier alpha value is -3.20. The highest BCUT2D eigenvalue weighted by molar-refractivity contribution is 7.90. The van der Waals surface area contributed by atoms with E-state index in [9.17, 15) is 13.2 Å². The average Bonchev–Trinajstić information content (AvgIpc) is 2.79. The van der Waals surface area contributed by atoms with Crippen molar-refractivity contribution < 1.29 is 13.2 Å². The number of nitrogens with zero attached hydrogens (tertiary/aromatic N) is 5. The largest absolute Gasteiger partial charge is 0.338 e. The quantitative estimate of drug-likeness (QED) is 0.634. The second-order valence-electron chi connectivity index (χ2n) is 7.28. The van der Waals surface area contributed by atoms with Crippen LogP contribution >= 0.6 is 0 Å². The van der Waals surface area contributed by atoms with E-state index in [1.165, 1.54) is 6.20 Å². The summed E-state index contributed by atoms with van der Waals surface area (Å²) in [4.78, 5) is 31.6. The van der Waals surface area contributed by atoms with Crippen LogP contribution in [-0.2, 0) is 9.84 Å². The number of carbonyl (C=O) groups excluding carboxylic acids is 1. The number of amides is 1. The molecule has 0 saturated carbocycles. The highest BCUT2D eigenvalue weighted by atomic mass is 32.2. The molecule has 3 aromatic rings. The number of aromatic nitrogens is 4. The van der Waals surface area contributed by atoms with Crippen LogP contribution in [0.2, 0.25) is 0 Å². The van der Waals surface area contributed by atoms with Gasteiger partial charge in [-0.25, -0.2) is 18.4 Å². The van der Waals surface area contributed by atoms with Gasteiger partial charge in [0.1, 0.15) is 4.90 Å². The second kappa shape index (κ2) is 8.27. The molecule has 154 valence electrons. The third-order valence-corrected chi connectivity index (χ3v) is 6.26. The molecule has 4 heterocycles. The molecule has 0 bridgehead atoms. The van der Waals surface area contributed by atoms with Gasteiger partial charge in [0.2, 0.25) is 0 Å². The zero-order valence-electron chi connectivity index (χ0n) is 16.5. The van der Waals surface area contributed by atoms with E-state index in [2.05, 4.69) is 19.9 Å². The van der Waals surface area contributed by atoms with Gasteiger partial charge in [-0.05, 0) is 37.1 Å². The molecular formula is C21H21N5O3S. The van der Waals surface area contributed by atoms with E-state index in [1.54, 1.807) is 54.0 Å². The second-order valence-corrected chi connectivity index (χ2v) is 9.26. The topological polar surface area (TPSA) is 106 Å². The zero-order chi connectivity index (χ0) is 21.1. The van der Waals surface area contributed by atoms with E-state index >= 15 is 0 Å². The van der Waals surface area contributed by atoms with Crippen molar-refractivity contribution in [3.8, 4) is 11.4 Å². The van der Waals surface area contributed by atoms with E-state index in [0.29, 0.717) is 30.2 Å². The smallest absolute Gasteiger partial charge is 0.253 e. The number of pyridine rings is 2. The lowest BCUT2D eigenvalue weighted by Crippen LogP contribution is -2.39. The highest BCUT2D eigenvalue weighted by Gasteiger charge is 2.30. The molecule has 30 heavy (non-hydrogen) atoms. The molecule has 9 heteroatoms. The standard InChI is InChI=1S/C21H21N5O3S/c1-30(28,29)18-13-24-20(15-4-8-22-9-5-15)25-19(18)17-3-2-12-26(14-17)21(27)16-6-10-23-11-7-16/h4-11,13,17H,2-3,12,14H2,1H3. The summed E-state index contributed by atoms with van der Waals surface area (Å²) in [6.45, 7) is 1.02.